The number of nitrogens with zero attached hydrogens (tertiary/aromatic N) is 3. The Hall–Kier alpha value is -4.44. The van der Waals surface area contributed by atoms with E-state index < -0.39 is 65.4 Å². The van der Waals surface area contributed by atoms with Gasteiger partial charge in [-0.2, -0.15) is 0 Å². The predicted octanol–water partition coefficient (Wildman–Crippen LogP) is 5.54. The summed E-state index contributed by atoms with van der Waals surface area (Å²) < 4.78 is 34.8. The maximum atomic E-state index is 14.4. The second-order valence-corrected chi connectivity index (χ2v) is 23.1. The number of nitrogens with one attached hydrogen (secondary N) is 1. The van der Waals surface area contributed by atoms with Crippen LogP contribution in [-0.2, 0) is 63.7 Å². The van der Waals surface area contributed by atoms with E-state index in [0.717, 1.165) is 16.0 Å². The molecule has 5 amide bonds. The number of hydrogen-bond acceptors (Lipinski definition) is 16. The third kappa shape index (κ3) is 15.3. The van der Waals surface area contributed by atoms with Crippen molar-refractivity contribution in [3.8, 4) is 5.75 Å². The van der Waals surface area contributed by atoms with Crippen LogP contribution in [0.5, 0.6) is 5.75 Å². The largest absolute Gasteiger partial charge is 0.495 e. The molecule has 5 rings (SSSR count). The fourth-order valence-electron chi connectivity index (χ4n) is 8.85. The van der Waals surface area contributed by atoms with Crippen molar-refractivity contribution in [1.82, 2.24) is 15.1 Å². The topological polar surface area (TPSA) is 220 Å². The average molecular weight is 1060 g/mol. The zero-order valence-corrected chi connectivity index (χ0v) is 45.4. The van der Waals surface area contributed by atoms with Crippen molar-refractivity contribution in [2.75, 3.05) is 65.3 Å². The van der Waals surface area contributed by atoms with Gasteiger partial charge in [-0.25, -0.2) is 4.79 Å². The van der Waals surface area contributed by atoms with Gasteiger partial charge >= 0.3 is 11.9 Å². The first-order chi connectivity index (χ1) is 33.9. The number of fused-ring (bicyclic) bond motifs is 5. The number of anilines is 1. The van der Waals surface area contributed by atoms with Crippen LogP contribution in [-0.4, -0.2) is 163 Å². The van der Waals surface area contributed by atoms with Crippen molar-refractivity contribution in [2.45, 2.75) is 139 Å². The van der Waals surface area contributed by atoms with Crippen LogP contribution in [0.25, 0.3) is 0 Å². The van der Waals surface area contributed by atoms with Crippen molar-refractivity contribution >= 4 is 80.4 Å². The first-order valence-electron chi connectivity index (χ1n) is 24.2. The molecule has 0 unspecified atom stereocenters. The molecule has 4 bridgehead atoms. The predicted molar refractivity (Wildman–Crippen MR) is 274 cm³/mol. The van der Waals surface area contributed by atoms with Gasteiger partial charge < -0.3 is 48.6 Å². The van der Waals surface area contributed by atoms with E-state index in [2.05, 4.69) is 5.32 Å². The summed E-state index contributed by atoms with van der Waals surface area (Å²) in [6.07, 6.45) is 5.70. The molecule has 4 aliphatic rings. The summed E-state index contributed by atoms with van der Waals surface area (Å²) in [6.45, 7) is 12.0. The van der Waals surface area contributed by atoms with Crippen LogP contribution in [0.15, 0.2) is 48.1 Å². The quantitative estimate of drug-likeness (QED) is 0.0538. The third-order valence-electron chi connectivity index (χ3n) is 13.6. The van der Waals surface area contributed by atoms with Crippen LogP contribution in [0.1, 0.15) is 92.1 Å². The Bertz CT molecular complexity index is 2260. The zero-order chi connectivity index (χ0) is 53.1. The van der Waals surface area contributed by atoms with Gasteiger partial charge in [0.1, 0.15) is 46.3 Å². The second-order valence-electron chi connectivity index (χ2n) is 19.6. The monoisotopic (exact) mass is 1060 g/mol. The fraction of sp³-hybridized carbons (Fsp3) is 0.627. The highest BCUT2D eigenvalue weighted by atomic mass is 35.5. The molecule has 8 atom stereocenters. The number of ether oxygens (including phenoxy) is 6. The Kier molecular flexibility index (Phi) is 20.8. The lowest BCUT2D eigenvalue weighted by molar-refractivity contribution is -0.187. The molecule has 2 fully saturated rings. The Morgan fingerprint density at radius 2 is 1.81 bits per heavy atom. The number of methoxy groups -OCH3 is 2. The van der Waals surface area contributed by atoms with E-state index in [1.807, 2.05) is 33.8 Å². The first-order valence-corrected chi connectivity index (χ1v) is 26.9. The minimum Gasteiger partial charge on any atom is -0.495 e. The number of hydrogen-bond donors (Lipinski definition) is 2. The van der Waals surface area contributed by atoms with Gasteiger partial charge in [0.25, 0.3) is 11.8 Å². The summed E-state index contributed by atoms with van der Waals surface area (Å²) in [5, 5.41) is 15.0. The van der Waals surface area contributed by atoms with E-state index in [9.17, 15) is 38.7 Å². The van der Waals surface area contributed by atoms with Crippen LogP contribution >= 0.6 is 33.2 Å². The van der Waals surface area contributed by atoms with E-state index in [1.165, 1.54) is 43.2 Å². The Labute approximate surface area is 435 Å². The van der Waals surface area contributed by atoms with Crippen molar-refractivity contribution in [1.29, 1.82) is 0 Å². The van der Waals surface area contributed by atoms with E-state index in [4.69, 9.17) is 40.0 Å². The lowest BCUT2D eigenvalue weighted by Crippen LogP contribution is -2.53. The number of amides is 5. The maximum Gasteiger partial charge on any atom is 0.328 e. The summed E-state index contributed by atoms with van der Waals surface area (Å²) in [6, 6.07) is 2.54. The number of aliphatic hydroxyl groups is 1. The van der Waals surface area contributed by atoms with Crippen LogP contribution in [0.3, 0.4) is 0 Å². The minimum absolute atomic E-state index is 0.0311. The fourth-order valence-corrected chi connectivity index (χ4v) is 11.8. The minimum atomic E-state index is -1.61. The number of imide groups is 1. The molecule has 2 N–H and O–H groups in total. The van der Waals surface area contributed by atoms with Gasteiger partial charge in [0.2, 0.25) is 17.7 Å². The zero-order valence-electron chi connectivity index (χ0n) is 43.0. The molecular formula is C51H71ClN4O14S2. The Balaban J connectivity index is 1.19. The number of epoxide rings is 1. The Morgan fingerprint density at radius 3 is 2.49 bits per heavy atom. The van der Waals surface area contributed by atoms with Crippen molar-refractivity contribution in [3.63, 3.8) is 0 Å². The number of carbonyl (C=O) groups excluding carboxylic acids is 7. The number of esters is 2. The molecule has 18 nitrogen and oxygen atoms in total. The van der Waals surface area contributed by atoms with Crippen LogP contribution < -0.4 is 15.0 Å². The summed E-state index contributed by atoms with van der Waals surface area (Å²) >= 11 is 6.83. The van der Waals surface area contributed by atoms with Gasteiger partial charge in [-0.15, -0.1) is 0 Å². The molecule has 0 spiro atoms. The number of benzene rings is 1. The van der Waals surface area contributed by atoms with Crippen molar-refractivity contribution in [2.24, 2.45) is 5.92 Å². The summed E-state index contributed by atoms with van der Waals surface area (Å²) in [5.74, 6) is -2.41. The smallest absolute Gasteiger partial charge is 0.328 e. The molecule has 0 aromatic heterocycles. The van der Waals surface area contributed by atoms with E-state index in [1.54, 1.807) is 66.8 Å². The maximum absolute atomic E-state index is 14.4. The molecule has 398 valence electrons. The molecule has 4 heterocycles. The second kappa shape index (κ2) is 25.7. The number of allylic oxidation sites excluding steroid dienone is 3. The summed E-state index contributed by atoms with van der Waals surface area (Å²) in [7, 11) is 9.27. The van der Waals surface area contributed by atoms with Crippen molar-refractivity contribution in [3.05, 3.63) is 58.7 Å². The van der Waals surface area contributed by atoms with Gasteiger partial charge in [0.05, 0.1) is 51.5 Å². The average Bonchev–Trinajstić information content (AvgIpc) is 3.93. The lowest BCUT2D eigenvalue weighted by atomic mass is 9.78. The SMILES string of the molecule is COc1cc2cc(c1Cl)N(C)C(=O)C[C@H](OC(=O)[C@H](C)N(C)C(=O)CCC(C)(C)SSCCCC(=O)NCCOCCN1C(=O)C=CC1=O)[C@]1(C)O[C@H]1[C@H](C)[C@@H]1C[C@@](O)(CC(=O)O1)[C@H](OC)/C=C/C=C(\C)C2. The third-order valence-corrected chi connectivity index (χ3v) is 17.4. The number of carbonyl (C=O) groups is 7. The van der Waals surface area contributed by atoms with Gasteiger partial charge in [0, 0.05) is 75.6 Å². The molecular weight excluding hydrogens is 992 g/mol. The number of rotatable bonds is 20. The molecule has 4 aliphatic heterocycles. The number of halogens is 1. The van der Waals surface area contributed by atoms with Crippen molar-refractivity contribution < 1.29 is 67.1 Å². The van der Waals surface area contributed by atoms with E-state index in [-0.39, 0.29) is 78.8 Å². The highest BCUT2D eigenvalue weighted by Crippen LogP contribution is 2.50. The van der Waals surface area contributed by atoms with Gasteiger partial charge in [-0.3, -0.25) is 33.7 Å². The molecule has 21 heteroatoms. The molecule has 0 aliphatic carbocycles. The van der Waals surface area contributed by atoms with Gasteiger partial charge in [-0.1, -0.05) is 63.9 Å². The van der Waals surface area contributed by atoms with Gasteiger partial charge in [0.15, 0.2) is 0 Å². The Morgan fingerprint density at radius 1 is 1.10 bits per heavy atom. The van der Waals surface area contributed by atoms with Crippen LogP contribution in [0, 0.1) is 5.92 Å². The standard InChI is InChI=1S/C51H71ClN4O14S2/c1-31-13-11-14-38(66-10)51(64)29-37(68-45(62)30-51)32(2)47-50(6,70-47)39(28-44(61)55(8)35-26-34(25-31)27-36(65-9)46(35)52)69-48(63)33(3)54(7)41(58)18-19-49(4,5)72-71-24-12-15-40(57)53-20-22-67-23-21-56-42(59)16-17-43(56)60/h11,13-14,16-17,26-27,32-33,37-39,47,64H,12,15,18-25,28-30H2,1-10H3,(H,53,57)/b14-11+,31-13+/t32-,33+,37+,38-,39+,47+,50+,51-/m1/s1. The molecule has 0 saturated carbocycles. The lowest BCUT2D eigenvalue weighted by Gasteiger charge is -2.41. The van der Waals surface area contributed by atoms with Crippen LogP contribution in [0.2, 0.25) is 5.02 Å². The van der Waals surface area contributed by atoms with E-state index >= 15 is 0 Å². The number of likely N-dealkylation sites (N-methyl/N-ethyl adjacent to an activating group) is 1. The highest BCUT2D eigenvalue weighted by Gasteiger charge is 2.64. The molecule has 1 aromatic rings. The summed E-state index contributed by atoms with van der Waals surface area (Å²) in [5.41, 5.74) is -0.759. The molecule has 1 aromatic carbocycles. The normalized spacial score (nSPS) is 27.3. The van der Waals surface area contributed by atoms with E-state index in [0.29, 0.717) is 49.4 Å². The first kappa shape index (κ1) is 58.4. The highest BCUT2D eigenvalue weighted by molar-refractivity contribution is 8.77. The molecule has 72 heavy (non-hydrogen) atoms. The van der Waals surface area contributed by atoms with Crippen LogP contribution in [0.4, 0.5) is 5.69 Å². The molecule has 0 radical (unpaired) electrons. The molecule has 2 saturated heterocycles. The summed E-state index contributed by atoms with van der Waals surface area (Å²) in [4.78, 5) is 94.6. The van der Waals surface area contributed by atoms with Gasteiger partial charge in [-0.05, 0) is 71.6 Å².